The molecule has 1 aromatic heterocycles. The topological polar surface area (TPSA) is 64.6 Å². The molecular formula is C15H24N6O. The summed E-state index contributed by atoms with van der Waals surface area (Å²) in [6.07, 6.45) is 3.72. The van der Waals surface area contributed by atoms with E-state index in [0.717, 1.165) is 51.4 Å². The van der Waals surface area contributed by atoms with E-state index in [0.29, 0.717) is 11.9 Å². The van der Waals surface area contributed by atoms with Crippen molar-refractivity contribution in [1.29, 1.82) is 0 Å². The van der Waals surface area contributed by atoms with E-state index in [1.807, 2.05) is 13.1 Å². The molecule has 1 aliphatic heterocycles. The highest BCUT2D eigenvalue weighted by atomic mass is 16.2. The van der Waals surface area contributed by atoms with Crippen LogP contribution in [0.3, 0.4) is 0 Å². The van der Waals surface area contributed by atoms with Crippen LogP contribution in [0.25, 0.3) is 0 Å². The highest BCUT2D eigenvalue weighted by Crippen LogP contribution is 2.26. The summed E-state index contributed by atoms with van der Waals surface area (Å²) in [6, 6.07) is 2.16. The van der Waals surface area contributed by atoms with Gasteiger partial charge in [0, 0.05) is 45.3 Å². The average molecular weight is 304 g/mol. The zero-order valence-corrected chi connectivity index (χ0v) is 13.3. The predicted octanol–water partition coefficient (Wildman–Crippen LogP) is 1.24. The van der Waals surface area contributed by atoms with Gasteiger partial charge >= 0.3 is 6.03 Å². The zero-order chi connectivity index (χ0) is 15.5. The smallest absolute Gasteiger partial charge is 0.323 e. The fourth-order valence-electron chi connectivity index (χ4n) is 2.71. The fraction of sp³-hybridized carbons (Fsp3) is 0.667. The van der Waals surface area contributed by atoms with Crippen LogP contribution in [0, 0.1) is 0 Å². The second-order valence-corrected chi connectivity index (χ2v) is 5.95. The van der Waals surface area contributed by atoms with Crippen LogP contribution in [-0.2, 0) is 0 Å². The van der Waals surface area contributed by atoms with Crippen molar-refractivity contribution in [3.05, 3.63) is 12.4 Å². The third-order valence-electron chi connectivity index (χ3n) is 4.45. The van der Waals surface area contributed by atoms with E-state index in [4.69, 9.17) is 0 Å². The molecular weight excluding hydrogens is 280 g/mol. The Bertz CT molecular complexity index is 525. The third-order valence-corrected chi connectivity index (χ3v) is 4.45. The Hall–Kier alpha value is -1.89. The van der Waals surface area contributed by atoms with Crippen molar-refractivity contribution in [3.8, 4) is 0 Å². The van der Waals surface area contributed by atoms with E-state index in [9.17, 15) is 4.79 Å². The largest absolute Gasteiger partial charge is 0.354 e. The number of likely N-dealkylation sites (N-methyl/N-ethyl adjacent to an activating group) is 1. The number of piperazine rings is 1. The summed E-state index contributed by atoms with van der Waals surface area (Å²) < 4.78 is 0. The van der Waals surface area contributed by atoms with E-state index < -0.39 is 0 Å². The van der Waals surface area contributed by atoms with Gasteiger partial charge in [0.15, 0.2) is 0 Å². The molecule has 3 rings (SSSR count). The quantitative estimate of drug-likeness (QED) is 0.907. The minimum Gasteiger partial charge on any atom is -0.354 e. The monoisotopic (exact) mass is 304 g/mol. The van der Waals surface area contributed by atoms with Crippen molar-refractivity contribution < 1.29 is 4.79 Å². The molecule has 1 saturated carbocycles. The van der Waals surface area contributed by atoms with Crippen molar-refractivity contribution in [3.63, 3.8) is 0 Å². The van der Waals surface area contributed by atoms with Crippen LogP contribution in [0.2, 0.25) is 0 Å². The van der Waals surface area contributed by atoms with Crippen LogP contribution >= 0.6 is 0 Å². The molecule has 2 heterocycles. The molecule has 2 amide bonds. The summed E-state index contributed by atoms with van der Waals surface area (Å²) >= 11 is 0. The molecule has 2 aliphatic rings. The Morgan fingerprint density at radius 2 is 2.05 bits per heavy atom. The molecule has 1 aromatic rings. The molecule has 0 radical (unpaired) electrons. The van der Waals surface area contributed by atoms with Gasteiger partial charge in [-0.2, -0.15) is 0 Å². The molecule has 120 valence electrons. The van der Waals surface area contributed by atoms with Gasteiger partial charge in [-0.1, -0.05) is 6.92 Å². The maximum atomic E-state index is 12.1. The molecule has 7 nitrogen and oxygen atoms in total. The lowest BCUT2D eigenvalue weighted by molar-refractivity contribution is 0.220. The average Bonchev–Trinajstić information content (AvgIpc) is 3.39. The second kappa shape index (κ2) is 6.48. The number of anilines is 2. The van der Waals surface area contributed by atoms with Gasteiger partial charge in [0.25, 0.3) is 0 Å². The van der Waals surface area contributed by atoms with Gasteiger partial charge in [0.1, 0.15) is 18.0 Å². The van der Waals surface area contributed by atoms with Gasteiger partial charge in [-0.05, 0) is 19.4 Å². The zero-order valence-electron chi connectivity index (χ0n) is 13.3. The Labute approximate surface area is 131 Å². The van der Waals surface area contributed by atoms with Gasteiger partial charge < -0.3 is 14.7 Å². The van der Waals surface area contributed by atoms with Gasteiger partial charge in [0.2, 0.25) is 0 Å². The molecule has 0 aromatic carbocycles. The van der Waals surface area contributed by atoms with E-state index in [-0.39, 0.29) is 6.03 Å². The Balaban J connectivity index is 1.61. The van der Waals surface area contributed by atoms with Gasteiger partial charge in [0.05, 0.1) is 0 Å². The molecule has 0 unspecified atom stereocenters. The lowest BCUT2D eigenvalue weighted by Gasteiger charge is -2.34. The summed E-state index contributed by atoms with van der Waals surface area (Å²) in [5, 5.41) is 2.86. The standard InChI is InChI=1S/C15H24N6O/c1-3-20-6-8-21(9-7-20)14-10-13(16-11-17-14)18-15(22)19(2)12-4-5-12/h10-12H,3-9H2,1-2H3,(H,16,17,18,22). The van der Waals surface area contributed by atoms with Crippen LogP contribution in [0.5, 0.6) is 0 Å². The Morgan fingerprint density at radius 1 is 1.32 bits per heavy atom. The first-order valence-electron chi connectivity index (χ1n) is 8.00. The number of aromatic nitrogens is 2. The number of urea groups is 1. The second-order valence-electron chi connectivity index (χ2n) is 5.95. The number of nitrogens with one attached hydrogen (secondary N) is 1. The van der Waals surface area contributed by atoms with Crippen molar-refractivity contribution >= 4 is 17.7 Å². The summed E-state index contributed by atoms with van der Waals surface area (Å²) in [4.78, 5) is 27.0. The van der Waals surface area contributed by atoms with Crippen LogP contribution in [-0.4, -0.2) is 71.6 Å². The van der Waals surface area contributed by atoms with Crippen molar-refractivity contribution in [2.75, 3.05) is 50.0 Å². The molecule has 22 heavy (non-hydrogen) atoms. The maximum absolute atomic E-state index is 12.1. The van der Waals surface area contributed by atoms with Crippen LogP contribution in [0.4, 0.5) is 16.4 Å². The van der Waals surface area contributed by atoms with E-state index in [2.05, 4.69) is 32.0 Å². The van der Waals surface area contributed by atoms with E-state index in [1.165, 1.54) is 6.33 Å². The van der Waals surface area contributed by atoms with Crippen molar-refractivity contribution in [1.82, 2.24) is 19.8 Å². The number of hydrogen-bond donors (Lipinski definition) is 1. The van der Waals surface area contributed by atoms with Gasteiger partial charge in [-0.15, -0.1) is 0 Å². The minimum atomic E-state index is -0.0945. The molecule has 2 fully saturated rings. The first-order valence-corrected chi connectivity index (χ1v) is 8.00. The van der Waals surface area contributed by atoms with Gasteiger partial charge in [-0.25, -0.2) is 14.8 Å². The molecule has 1 aliphatic carbocycles. The van der Waals surface area contributed by atoms with Crippen LogP contribution in [0.15, 0.2) is 12.4 Å². The Kier molecular flexibility index (Phi) is 4.42. The lowest BCUT2D eigenvalue weighted by atomic mass is 10.3. The molecule has 1 N–H and O–H groups in total. The fourth-order valence-corrected chi connectivity index (χ4v) is 2.71. The lowest BCUT2D eigenvalue weighted by Crippen LogP contribution is -2.46. The maximum Gasteiger partial charge on any atom is 0.323 e. The third kappa shape index (κ3) is 3.47. The molecule has 0 bridgehead atoms. The SMILES string of the molecule is CCN1CCN(c2cc(NC(=O)N(C)C3CC3)ncn2)CC1. The number of carbonyl (C=O) groups excluding carboxylic acids is 1. The first-order chi connectivity index (χ1) is 10.7. The number of hydrogen-bond acceptors (Lipinski definition) is 5. The first kappa shape index (κ1) is 15.0. The molecule has 1 saturated heterocycles. The number of amides is 2. The predicted molar refractivity (Wildman–Crippen MR) is 86.2 cm³/mol. The summed E-state index contributed by atoms with van der Waals surface area (Å²) in [5.74, 6) is 1.45. The highest BCUT2D eigenvalue weighted by Gasteiger charge is 2.29. The summed E-state index contributed by atoms with van der Waals surface area (Å²) in [6.45, 7) is 7.29. The summed E-state index contributed by atoms with van der Waals surface area (Å²) in [7, 11) is 1.83. The van der Waals surface area contributed by atoms with Gasteiger partial charge in [-0.3, -0.25) is 5.32 Å². The van der Waals surface area contributed by atoms with Crippen molar-refractivity contribution in [2.24, 2.45) is 0 Å². The number of rotatable bonds is 4. The molecule has 7 heteroatoms. The minimum absolute atomic E-state index is 0.0945. The van der Waals surface area contributed by atoms with E-state index in [1.54, 1.807) is 4.90 Å². The Morgan fingerprint density at radius 3 is 2.68 bits per heavy atom. The molecule has 0 spiro atoms. The van der Waals surface area contributed by atoms with Crippen molar-refractivity contribution in [2.45, 2.75) is 25.8 Å². The highest BCUT2D eigenvalue weighted by molar-refractivity contribution is 5.88. The number of carbonyl (C=O) groups is 1. The van der Waals surface area contributed by atoms with Crippen LogP contribution in [0.1, 0.15) is 19.8 Å². The normalized spacial score (nSPS) is 19.1. The summed E-state index contributed by atoms with van der Waals surface area (Å²) in [5.41, 5.74) is 0. The van der Waals surface area contributed by atoms with Crippen LogP contribution < -0.4 is 10.2 Å². The van der Waals surface area contributed by atoms with E-state index >= 15 is 0 Å². The molecule has 0 atom stereocenters. The number of nitrogens with zero attached hydrogens (tertiary/aromatic N) is 5.